The summed E-state index contributed by atoms with van der Waals surface area (Å²) in [6.45, 7) is 1.63. The molecule has 234 valence electrons. The van der Waals surface area contributed by atoms with E-state index in [1.54, 1.807) is 67.6 Å². The van der Waals surface area contributed by atoms with Crippen molar-refractivity contribution in [1.29, 1.82) is 0 Å². The van der Waals surface area contributed by atoms with Gasteiger partial charge in [0.15, 0.2) is 28.8 Å². The Kier molecular flexibility index (Phi) is 7.43. The minimum absolute atomic E-state index is 0.00590. The molecule has 3 aromatic rings. The number of rotatable bonds is 6. The van der Waals surface area contributed by atoms with Crippen molar-refractivity contribution >= 4 is 40.9 Å². The smallest absolute Gasteiger partial charge is 0.238 e. The minimum Gasteiger partial charge on any atom is -0.504 e. The molecule has 47 heavy (non-hydrogen) atoms. The molecule has 4 aliphatic rings. The van der Waals surface area contributed by atoms with Gasteiger partial charge >= 0.3 is 0 Å². The predicted molar refractivity (Wildman–Crippen MR) is 175 cm³/mol. The number of nitrogens with zero attached hydrogens (tertiary/aromatic N) is 1. The minimum atomic E-state index is -0.707. The third kappa shape index (κ3) is 4.97. The number of amides is 2. The Morgan fingerprint density at radius 3 is 2.36 bits per heavy atom. The second kappa shape index (κ2) is 11.6. The quantitative estimate of drug-likeness (QED) is 0.159. The van der Waals surface area contributed by atoms with Crippen molar-refractivity contribution < 1.29 is 33.8 Å². The van der Waals surface area contributed by atoms with Gasteiger partial charge in [-0.2, -0.15) is 0 Å². The van der Waals surface area contributed by atoms with Crippen molar-refractivity contribution in [2.45, 2.75) is 19.8 Å². The molecular weight excluding hydrogens is 594 g/mol. The van der Waals surface area contributed by atoms with Crippen LogP contribution in [0.3, 0.4) is 0 Å². The average Bonchev–Trinajstić information content (AvgIpc) is 3.35. The number of ketones is 3. The number of hydrogen-bond acceptors (Lipinski definition) is 7. The first-order valence-corrected chi connectivity index (χ1v) is 15.5. The number of fused-ring (bicyclic) bond motifs is 3. The molecule has 0 unspecified atom stereocenters. The van der Waals surface area contributed by atoms with Crippen LogP contribution in [-0.4, -0.2) is 41.4 Å². The lowest BCUT2D eigenvalue weighted by Crippen LogP contribution is -2.40. The van der Waals surface area contributed by atoms with Crippen LogP contribution >= 0.6 is 0 Å². The molecule has 1 heterocycles. The molecule has 1 fully saturated rings. The van der Waals surface area contributed by atoms with Gasteiger partial charge in [0.05, 0.1) is 24.6 Å². The number of carbonyl (C=O) groups is 5. The molecule has 0 spiro atoms. The van der Waals surface area contributed by atoms with Crippen molar-refractivity contribution in [2.75, 3.05) is 12.0 Å². The largest absolute Gasteiger partial charge is 0.504 e. The predicted octanol–water partition coefficient (Wildman–Crippen LogP) is 5.81. The highest BCUT2D eigenvalue weighted by atomic mass is 16.5. The van der Waals surface area contributed by atoms with E-state index in [2.05, 4.69) is 0 Å². The molecule has 8 heteroatoms. The summed E-state index contributed by atoms with van der Waals surface area (Å²) < 4.78 is 5.25. The Morgan fingerprint density at radius 1 is 0.915 bits per heavy atom. The lowest BCUT2D eigenvalue weighted by molar-refractivity contribution is -0.123. The van der Waals surface area contributed by atoms with E-state index in [0.29, 0.717) is 51.3 Å². The number of anilines is 1. The normalized spacial score (nSPS) is 23.7. The van der Waals surface area contributed by atoms with Crippen LogP contribution in [0.2, 0.25) is 0 Å². The molecular formula is C39H31NO7. The fraction of sp³-hybridized carbons (Fsp3) is 0.205. The third-order valence-corrected chi connectivity index (χ3v) is 9.72. The number of carbonyl (C=O) groups excluding carboxylic acids is 5. The lowest BCUT2D eigenvalue weighted by Gasteiger charge is -2.41. The first kappa shape index (κ1) is 30.0. The summed E-state index contributed by atoms with van der Waals surface area (Å²) in [6, 6.07) is 20.2. The number of hydrogen-bond donors (Lipinski definition) is 1. The maximum absolute atomic E-state index is 14.2. The monoisotopic (exact) mass is 625 g/mol. The lowest BCUT2D eigenvalue weighted by atomic mass is 9.60. The zero-order valence-corrected chi connectivity index (χ0v) is 25.8. The molecule has 0 saturated carbocycles. The topological polar surface area (TPSA) is 118 Å². The fourth-order valence-electron chi connectivity index (χ4n) is 7.42. The number of aromatic hydroxyl groups is 1. The van der Waals surface area contributed by atoms with E-state index in [0.717, 1.165) is 5.57 Å². The fourth-order valence-corrected chi connectivity index (χ4v) is 7.42. The Bertz CT molecular complexity index is 2000. The Labute approximate surface area is 271 Å². The van der Waals surface area contributed by atoms with Crippen LogP contribution in [-0.2, 0) is 19.2 Å². The van der Waals surface area contributed by atoms with Crippen LogP contribution in [0, 0.1) is 23.7 Å². The summed E-state index contributed by atoms with van der Waals surface area (Å²) >= 11 is 0. The van der Waals surface area contributed by atoms with Crippen molar-refractivity contribution in [2.24, 2.45) is 23.7 Å². The summed E-state index contributed by atoms with van der Waals surface area (Å²) in [5.41, 5.74) is 4.07. The zero-order chi connectivity index (χ0) is 33.0. The molecule has 0 bridgehead atoms. The molecule has 4 atom stereocenters. The summed E-state index contributed by atoms with van der Waals surface area (Å²) in [7, 11) is 1.46. The molecule has 3 aromatic carbocycles. The number of phenols is 1. The van der Waals surface area contributed by atoms with Crippen molar-refractivity contribution in [1.82, 2.24) is 0 Å². The van der Waals surface area contributed by atoms with Gasteiger partial charge in [0.1, 0.15) is 0 Å². The molecule has 2 amide bonds. The van der Waals surface area contributed by atoms with Crippen molar-refractivity contribution in [3.63, 3.8) is 0 Å². The van der Waals surface area contributed by atoms with Gasteiger partial charge in [0.25, 0.3) is 0 Å². The van der Waals surface area contributed by atoms with Gasteiger partial charge in [-0.1, -0.05) is 60.2 Å². The molecule has 1 saturated heterocycles. The van der Waals surface area contributed by atoms with Crippen molar-refractivity contribution in [3.05, 3.63) is 130 Å². The van der Waals surface area contributed by atoms with E-state index in [1.165, 1.54) is 24.2 Å². The summed E-state index contributed by atoms with van der Waals surface area (Å²) in [6.07, 6.45) is 7.48. The number of allylic oxidation sites excluding steroid dienone is 7. The second-order valence-electron chi connectivity index (χ2n) is 12.3. The maximum Gasteiger partial charge on any atom is 0.238 e. The van der Waals surface area contributed by atoms with Crippen LogP contribution in [0.4, 0.5) is 5.69 Å². The summed E-state index contributed by atoms with van der Waals surface area (Å²) in [4.78, 5) is 69.0. The van der Waals surface area contributed by atoms with Crippen LogP contribution < -0.4 is 9.64 Å². The highest BCUT2D eigenvalue weighted by Crippen LogP contribution is 2.53. The second-order valence-corrected chi connectivity index (χ2v) is 12.3. The van der Waals surface area contributed by atoms with Gasteiger partial charge in [-0.15, -0.1) is 0 Å². The van der Waals surface area contributed by atoms with E-state index in [-0.39, 0.29) is 41.3 Å². The Hall–Kier alpha value is -5.63. The van der Waals surface area contributed by atoms with Gasteiger partial charge < -0.3 is 9.84 Å². The molecule has 0 radical (unpaired) electrons. The van der Waals surface area contributed by atoms with E-state index >= 15 is 0 Å². The van der Waals surface area contributed by atoms with E-state index in [9.17, 15) is 29.1 Å². The molecule has 7 rings (SSSR count). The van der Waals surface area contributed by atoms with Gasteiger partial charge in [0.2, 0.25) is 11.8 Å². The molecule has 1 N–H and O–H groups in total. The zero-order valence-electron chi connectivity index (χ0n) is 25.8. The van der Waals surface area contributed by atoms with E-state index < -0.39 is 23.7 Å². The Balaban J connectivity index is 1.23. The molecule has 1 aliphatic heterocycles. The first-order valence-electron chi connectivity index (χ1n) is 15.5. The summed E-state index contributed by atoms with van der Waals surface area (Å²) in [5, 5.41) is 10.0. The van der Waals surface area contributed by atoms with Gasteiger partial charge in [-0.25, -0.2) is 0 Å². The molecule has 8 nitrogen and oxygen atoms in total. The summed E-state index contributed by atoms with van der Waals surface area (Å²) in [5.74, 6) is -3.36. The van der Waals surface area contributed by atoms with Crippen LogP contribution in [0.25, 0.3) is 6.08 Å². The number of ether oxygens (including phenoxy) is 1. The van der Waals surface area contributed by atoms with E-state index in [4.69, 9.17) is 4.74 Å². The van der Waals surface area contributed by atoms with Crippen LogP contribution in [0.5, 0.6) is 11.5 Å². The standard InChI is InChI=1S/C39H31NO7/c1-21-18-32(42)30-20-29-26(27(34(30)36(21)43)14-8-22-9-17-31(41)33(19-22)47-2)15-16-28-35(29)39(46)40(38(28)45)25-12-10-24(11-13-25)37(44)23-6-4-3-5-7-23/h3-15,17-19,27-29,35,41H,16,20H2,1-2H3/t27-,28-,29+,35-/m0/s1. The first-order chi connectivity index (χ1) is 22.7. The van der Waals surface area contributed by atoms with E-state index in [1.807, 2.05) is 24.3 Å². The molecule has 3 aliphatic carbocycles. The molecule has 0 aromatic heterocycles. The maximum atomic E-state index is 14.2. The van der Waals surface area contributed by atoms with Crippen LogP contribution in [0.15, 0.2) is 113 Å². The average molecular weight is 626 g/mol. The van der Waals surface area contributed by atoms with Crippen molar-refractivity contribution in [3.8, 4) is 11.5 Å². The number of phenolic OH excluding ortho intramolecular Hbond substituents is 1. The Morgan fingerprint density at radius 2 is 1.64 bits per heavy atom. The number of Topliss-reactive ketones (excluding diaryl/α,β-unsaturated/α-hetero) is 1. The number of imide groups is 1. The highest BCUT2D eigenvalue weighted by molar-refractivity contribution is 6.25. The van der Waals surface area contributed by atoms with Gasteiger partial charge in [-0.3, -0.25) is 28.9 Å². The number of methoxy groups -OCH3 is 1. The SMILES string of the molecule is COc1cc(C=C[C@H]2C3=CC[C@@H]4C(=O)N(c5ccc(C(=O)c6ccccc6)cc5)C(=O)[C@@H]4[C@@H]3CC3=C2C(=O)C(C)=CC3=O)ccc1O. The highest BCUT2D eigenvalue weighted by Gasteiger charge is 2.56. The van der Waals surface area contributed by atoms with Gasteiger partial charge in [0, 0.05) is 33.8 Å². The third-order valence-electron chi connectivity index (χ3n) is 9.72. The van der Waals surface area contributed by atoms with Crippen LogP contribution in [0.1, 0.15) is 41.3 Å². The number of benzene rings is 3. The van der Waals surface area contributed by atoms with Gasteiger partial charge in [-0.05, 0) is 73.7 Å².